The first kappa shape index (κ1) is 12.3. The van der Waals surface area contributed by atoms with Crippen LogP contribution in [0.2, 0.25) is 0 Å². The highest BCUT2D eigenvalue weighted by Crippen LogP contribution is 2.21. The van der Waals surface area contributed by atoms with Crippen molar-refractivity contribution >= 4 is 11.4 Å². The number of rotatable bonds is 3. The van der Waals surface area contributed by atoms with Gasteiger partial charge in [0.1, 0.15) is 0 Å². The summed E-state index contributed by atoms with van der Waals surface area (Å²) in [5.74, 6) is 0.491. The molecule has 0 atom stereocenters. The molecule has 0 bridgehead atoms. The van der Waals surface area contributed by atoms with Gasteiger partial charge in [-0.2, -0.15) is 5.11 Å². The summed E-state index contributed by atoms with van der Waals surface area (Å²) in [4.78, 5) is 11.4. The van der Waals surface area contributed by atoms with E-state index in [0.29, 0.717) is 17.3 Å². The van der Waals surface area contributed by atoms with Crippen LogP contribution in [0, 0.1) is 6.92 Å². The van der Waals surface area contributed by atoms with Crippen LogP contribution >= 0.6 is 0 Å². The second-order valence-corrected chi connectivity index (χ2v) is 4.50. The molecule has 0 amide bonds. The maximum Gasteiger partial charge on any atom is 0.291 e. The molecule has 2 N–H and O–H groups in total. The van der Waals surface area contributed by atoms with Gasteiger partial charge in [-0.25, -0.2) is 0 Å². The quantitative estimate of drug-likeness (QED) is 0.796. The summed E-state index contributed by atoms with van der Waals surface area (Å²) in [6, 6.07) is 7.84. The number of nitrogens with one attached hydrogen (secondary N) is 2. The van der Waals surface area contributed by atoms with E-state index in [9.17, 15) is 4.79 Å². The van der Waals surface area contributed by atoms with Crippen LogP contribution in [0.4, 0.5) is 11.4 Å². The first-order valence-corrected chi connectivity index (χ1v) is 5.87. The fourth-order valence-electron chi connectivity index (χ4n) is 1.59. The van der Waals surface area contributed by atoms with Crippen molar-refractivity contribution in [2.45, 2.75) is 26.7 Å². The second-order valence-electron chi connectivity index (χ2n) is 4.50. The lowest BCUT2D eigenvalue weighted by molar-refractivity contribution is 0.866. The number of hydrogen-bond donors (Lipinski definition) is 2. The zero-order valence-corrected chi connectivity index (χ0v) is 10.7. The van der Waals surface area contributed by atoms with E-state index in [4.69, 9.17) is 0 Å². The molecule has 0 saturated carbocycles. The highest BCUT2D eigenvalue weighted by molar-refractivity contribution is 5.42. The highest BCUT2D eigenvalue weighted by atomic mass is 16.1. The van der Waals surface area contributed by atoms with Crippen molar-refractivity contribution in [1.29, 1.82) is 0 Å². The Morgan fingerprint density at radius 1 is 1.06 bits per heavy atom. The molecule has 0 aliphatic rings. The number of nitrogens with zero attached hydrogens (tertiary/aromatic N) is 2. The van der Waals surface area contributed by atoms with Crippen LogP contribution in [0.25, 0.3) is 0 Å². The normalized spacial score (nSPS) is 11.6. The lowest BCUT2D eigenvalue weighted by Crippen LogP contribution is -1.96. The molecule has 0 fully saturated rings. The molecule has 0 unspecified atom stereocenters. The Hall–Kier alpha value is -2.17. The monoisotopic (exact) mass is 244 g/mol. The smallest absolute Gasteiger partial charge is 0.291 e. The fourth-order valence-corrected chi connectivity index (χ4v) is 1.59. The number of benzene rings is 1. The Balaban J connectivity index is 2.22. The van der Waals surface area contributed by atoms with E-state index in [1.807, 2.05) is 24.3 Å². The number of azo groups is 1. The molecule has 2 aromatic rings. The van der Waals surface area contributed by atoms with Crippen LogP contribution in [0.3, 0.4) is 0 Å². The Morgan fingerprint density at radius 3 is 2.22 bits per heavy atom. The summed E-state index contributed by atoms with van der Waals surface area (Å²) in [7, 11) is 0. The molecule has 94 valence electrons. The van der Waals surface area contributed by atoms with Gasteiger partial charge in [0.15, 0.2) is 5.69 Å². The Kier molecular flexibility index (Phi) is 3.41. The van der Waals surface area contributed by atoms with Gasteiger partial charge < -0.3 is 5.10 Å². The van der Waals surface area contributed by atoms with Crippen molar-refractivity contribution in [2.24, 2.45) is 10.2 Å². The van der Waals surface area contributed by atoms with E-state index in [2.05, 4.69) is 34.3 Å². The SMILES string of the molecule is Cc1[nH][nH]c(=O)c1N=Nc1ccc(C(C)C)cc1. The van der Waals surface area contributed by atoms with Gasteiger partial charge in [-0.1, -0.05) is 26.0 Å². The lowest BCUT2D eigenvalue weighted by atomic mass is 10.0. The van der Waals surface area contributed by atoms with E-state index >= 15 is 0 Å². The van der Waals surface area contributed by atoms with Crippen LogP contribution in [-0.4, -0.2) is 10.2 Å². The predicted octanol–water partition coefficient (Wildman–Crippen LogP) is 3.55. The molecule has 1 aromatic carbocycles. The predicted molar refractivity (Wildman–Crippen MR) is 70.9 cm³/mol. The molecule has 0 aliphatic carbocycles. The largest absolute Gasteiger partial charge is 0.300 e. The minimum absolute atomic E-state index is 0.255. The zero-order chi connectivity index (χ0) is 13.1. The Labute approximate surface area is 105 Å². The summed E-state index contributed by atoms with van der Waals surface area (Å²) in [6.45, 7) is 6.05. The molecule has 0 radical (unpaired) electrons. The molecule has 0 aliphatic heterocycles. The molecule has 2 rings (SSSR count). The third-order valence-electron chi connectivity index (χ3n) is 2.76. The maximum atomic E-state index is 11.4. The summed E-state index contributed by atoms with van der Waals surface area (Å²) in [5, 5.41) is 13.2. The van der Waals surface area contributed by atoms with Gasteiger partial charge in [-0.15, -0.1) is 5.11 Å². The van der Waals surface area contributed by atoms with Crippen molar-refractivity contribution in [1.82, 2.24) is 10.2 Å². The van der Waals surface area contributed by atoms with Crippen LogP contribution in [0.5, 0.6) is 0 Å². The van der Waals surface area contributed by atoms with Gasteiger partial charge in [0.05, 0.1) is 11.4 Å². The molecular weight excluding hydrogens is 228 g/mol. The molecule has 18 heavy (non-hydrogen) atoms. The summed E-state index contributed by atoms with van der Waals surface area (Å²) >= 11 is 0. The number of H-pyrrole nitrogens is 2. The van der Waals surface area contributed by atoms with E-state index in [0.717, 1.165) is 5.69 Å². The van der Waals surface area contributed by atoms with Crippen LogP contribution in [0.1, 0.15) is 31.0 Å². The first-order valence-electron chi connectivity index (χ1n) is 5.87. The lowest BCUT2D eigenvalue weighted by Gasteiger charge is -2.03. The van der Waals surface area contributed by atoms with Gasteiger partial charge in [-0.05, 0) is 30.5 Å². The zero-order valence-electron chi connectivity index (χ0n) is 10.7. The topological polar surface area (TPSA) is 73.4 Å². The van der Waals surface area contributed by atoms with Crippen molar-refractivity contribution in [3.05, 3.63) is 45.9 Å². The van der Waals surface area contributed by atoms with Crippen LogP contribution in [0.15, 0.2) is 39.3 Å². The number of aromatic nitrogens is 2. The molecule has 0 spiro atoms. The molecular formula is C13H16N4O. The van der Waals surface area contributed by atoms with Gasteiger partial charge >= 0.3 is 0 Å². The van der Waals surface area contributed by atoms with Gasteiger partial charge in [-0.3, -0.25) is 9.89 Å². The number of hydrogen-bond acceptors (Lipinski definition) is 3. The maximum absolute atomic E-state index is 11.4. The molecule has 1 aromatic heterocycles. The van der Waals surface area contributed by atoms with Crippen LogP contribution < -0.4 is 5.56 Å². The van der Waals surface area contributed by atoms with E-state index in [1.54, 1.807) is 6.92 Å². The minimum Gasteiger partial charge on any atom is -0.300 e. The van der Waals surface area contributed by atoms with Gasteiger partial charge in [0.25, 0.3) is 5.56 Å². The van der Waals surface area contributed by atoms with Gasteiger partial charge in [0.2, 0.25) is 0 Å². The molecule has 0 saturated heterocycles. The molecule has 5 nitrogen and oxygen atoms in total. The average Bonchev–Trinajstić information content (AvgIpc) is 2.67. The Bertz CT molecular complexity index is 605. The minimum atomic E-state index is -0.255. The first-order chi connectivity index (χ1) is 8.58. The summed E-state index contributed by atoms with van der Waals surface area (Å²) in [6.07, 6.45) is 0. The third kappa shape index (κ3) is 2.56. The summed E-state index contributed by atoms with van der Waals surface area (Å²) in [5.41, 5.74) is 2.74. The Morgan fingerprint density at radius 2 is 1.72 bits per heavy atom. The fraction of sp³-hybridized carbons (Fsp3) is 0.308. The van der Waals surface area contributed by atoms with Crippen molar-refractivity contribution in [3.8, 4) is 0 Å². The summed E-state index contributed by atoms with van der Waals surface area (Å²) < 4.78 is 0. The molecule has 1 heterocycles. The standard InChI is InChI=1S/C13H16N4O/c1-8(2)10-4-6-11(7-5-10)15-16-12-9(3)14-17-13(12)18/h4-8H,1-3H3,(H2,14,17,18). The van der Waals surface area contributed by atoms with Crippen molar-refractivity contribution in [3.63, 3.8) is 0 Å². The third-order valence-corrected chi connectivity index (χ3v) is 2.76. The highest BCUT2D eigenvalue weighted by Gasteiger charge is 2.04. The van der Waals surface area contributed by atoms with Crippen molar-refractivity contribution < 1.29 is 0 Å². The average molecular weight is 244 g/mol. The van der Waals surface area contributed by atoms with Crippen molar-refractivity contribution in [2.75, 3.05) is 0 Å². The number of aryl methyl sites for hydroxylation is 1. The second kappa shape index (κ2) is 5.00. The van der Waals surface area contributed by atoms with E-state index < -0.39 is 0 Å². The van der Waals surface area contributed by atoms with E-state index in [1.165, 1.54) is 5.56 Å². The molecule has 5 heteroatoms. The number of aromatic amines is 2. The van der Waals surface area contributed by atoms with Gasteiger partial charge in [0, 0.05) is 0 Å². The van der Waals surface area contributed by atoms with E-state index in [-0.39, 0.29) is 5.56 Å². The van der Waals surface area contributed by atoms with Crippen LogP contribution in [-0.2, 0) is 0 Å².